The lowest BCUT2D eigenvalue weighted by atomic mass is 9.92. The van der Waals surface area contributed by atoms with Crippen molar-refractivity contribution in [3.8, 4) is 0 Å². The molecule has 2 amide bonds. The lowest BCUT2D eigenvalue weighted by molar-refractivity contribution is -0.119. The van der Waals surface area contributed by atoms with E-state index in [-0.39, 0.29) is 30.4 Å². The van der Waals surface area contributed by atoms with Gasteiger partial charge in [0, 0.05) is 32.4 Å². The second-order valence-corrected chi connectivity index (χ2v) is 9.22. The number of ether oxygens (including phenoxy) is 2. The van der Waals surface area contributed by atoms with E-state index in [0.717, 1.165) is 50.5 Å². The molecular formula is C21H28FN3O4S. The van der Waals surface area contributed by atoms with Gasteiger partial charge in [-0.1, -0.05) is 0 Å². The SMILES string of the molecule is CC(=O)NC[C@H]1CN(c2ccc(N3CCC4(CC3)CSCCCO4)c(F)c2)C(=O)O1. The molecule has 0 radical (unpaired) electrons. The van der Waals surface area contributed by atoms with Gasteiger partial charge in [0.15, 0.2) is 0 Å². The van der Waals surface area contributed by atoms with E-state index < -0.39 is 12.2 Å². The number of thioether (sulfide) groups is 1. The molecule has 1 aromatic rings. The van der Waals surface area contributed by atoms with Crippen molar-refractivity contribution in [3.05, 3.63) is 24.0 Å². The van der Waals surface area contributed by atoms with Gasteiger partial charge in [0.1, 0.15) is 11.9 Å². The number of amides is 2. The van der Waals surface area contributed by atoms with Gasteiger partial charge in [-0.2, -0.15) is 11.8 Å². The summed E-state index contributed by atoms with van der Waals surface area (Å²) < 4.78 is 26.4. The van der Waals surface area contributed by atoms with Gasteiger partial charge in [-0.25, -0.2) is 9.18 Å². The molecule has 0 unspecified atom stereocenters. The fourth-order valence-corrected chi connectivity index (χ4v) is 5.42. The highest BCUT2D eigenvalue weighted by molar-refractivity contribution is 7.99. The van der Waals surface area contributed by atoms with Crippen LogP contribution in [-0.2, 0) is 14.3 Å². The van der Waals surface area contributed by atoms with Crippen LogP contribution in [0.4, 0.5) is 20.6 Å². The molecule has 1 aromatic carbocycles. The summed E-state index contributed by atoms with van der Waals surface area (Å²) in [6, 6.07) is 4.88. The van der Waals surface area contributed by atoms with Gasteiger partial charge in [0.25, 0.3) is 0 Å². The molecule has 3 heterocycles. The predicted molar refractivity (Wildman–Crippen MR) is 115 cm³/mol. The highest BCUT2D eigenvalue weighted by atomic mass is 32.2. The Morgan fingerprint density at radius 1 is 1.37 bits per heavy atom. The average molecular weight is 438 g/mol. The van der Waals surface area contributed by atoms with E-state index in [2.05, 4.69) is 10.2 Å². The summed E-state index contributed by atoms with van der Waals surface area (Å²) in [6.45, 7) is 4.24. The second kappa shape index (κ2) is 9.01. The Hall–Kier alpha value is -2.00. The van der Waals surface area contributed by atoms with Crippen LogP contribution in [0.1, 0.15) is 26.2 Å². The van der Waals surface area contributed by atoms with Gasteiger partial charge < -0.3 is 19.7 Å². The molecule has 0 bridgehead atoms. The number of cyclic esters (lactones) is 1. The Morgan fingerprint density at radius 2 is 2.17 bits per heavy atom. The maximum atomic E-state index is 15.0. The summed E-state index contributed by atoms with van der Waals surface area (Å²) in [7, 11) is 0. The number of rotatable bonds is 4. The van der Waals surface area contributed by atoms with E-state index in [0.29, 0.717) is 11.4 Å². The lowest BCUT2D eigenvalue weighted by Gasteiger charge is -2.41. The zero-order valence-corrected chi connectivity index (χ0v) is 18.0. The Morgan fingerprint density at radius 3 is 2.90 bits per heavy atom. The smallest absolute Gasteiger partial charge is 0.414 e. The van der Waals surface area contributed by atoms with Gasteiger partial charge >= 0.3 is 6.09 Å². The number of halogens is 1. The van der Waals surface area contributed by atoms with Crippen LogP contribution in [0.2, 0.25) is 0 Å². The van der Waals surface area contributed by atoms with Crippen LogP contribution >= 0.6 is 11.8 Å². The molecule has 164 valence electrons. The third-order valence-corrected chi connectivity index (χ3v) is 7.23. The van der Waals surface area contributed by atoms with E-state index in [4.69, 9.17) is 9.47 Å². The Balaban J connectivity index is 1.39. The van der Waals surface area contributed by atoms with Crippen molar-refractivity contribution in [1.29, 1.82) is 0 Å². The number of benzene rings is 1. The Labute approximate surface area is 180 Å². The standard InChI is InChI=1S/C21H28FN3O4S/c1-15(26)23-12-17-13-25(20(27)29-17)16-3-4-19(18(22)11-16)24-7-5-21(6-8-24)14-30-10-2-9-28-21/h3-4,11,17H,2,5-10,12-14H2,1H3,(H,23,26)/t17-/m0/s1. The van der Waals surface area contributed by atoms with Crippen molar-refractivity contribution >= 4 is 35.1 Å². The normalized spacial score (nSPS) is 23.9. The summed E-state index contributed by atoms with van der Waals surface area (Å²) in [5, 5.41) is 2.64. The average Bonchev–Trinajstić information content (AvgIpc) is 2.95. The number of carbonyl (C=O) groups excluding carboxylic acids is 2. The summed E-state index contributed by atoms with van der Waals surface area (Å²) >= 11 is 1.95. The van der Waals surface area contributed by atoms with Crippen molar-refractivity contribution in [3.63, 3.8) is 0 Å². The molecule has 0 aliphatic carbocycles. The molecule has 3 aliphatic rings. The Bertz CT molecular complexity index is 790. The molecule has 30 heavy (non-hydrogen) atoms. The van der Waals surface area contributed by atoms with Crippen LogP contribution in [0, 0.1) is 5.82 Å². The first-order chi connectivity index (χ1) is 14.5. The molecular weight excluding hydrogens is 409 g/mol. The third kappa shape index (κ3) is 4.67. The van der Waals surface area contributed by atoms with Crippen LogP contribution in [0.15, 0.2) is 18.2 Å². The highest BCUT2D eigenvalue weighted by Crippen LogP contribution is 2.36. The van der Waals surface area contributed by atoms with Crippen LogP contribution in [0.3, 0.4) is 0 Å². The molecule has 1 atom stereocenters. The summed E-state index contributed by atoms with van der Waals surface area (Å²) in [6.07, 6.45) is 1.91. The monoisotopic (exact) mass is 437 g/mol. The van der Waals surface area contributed by atoms with Crippen molar-refractivity contribution in [1.82, 2.24) is 5.32 Å². The molecule has 7 nitrogen and oxygen atoms in total. The molecule has 3 aliphatic heterocycles. The third-order valence-electron chi connectivity index (χ3n) is 5.92. The molecule has 0 aromatic heterocycles. The zero-order chi connectivity index (χ0) is 21.1. The fraction of sp³-hybridized carbons (Fsp3) is 0.619. The number of nitrogens with one attached hydrogen (secondary N) is 1. The van der Waals surface area contributed by atoms with Gasteiger partial charge in [-0.15, -0.1) is 0 Å². The molecule has 1 spiro atoms. The highest BCUT2D eigenvalue weighted by Gasteiger charge is 2.37. The van der Waals surface area contributed by atoms with E-state index in [1.54, 1.807) is 12.1 Å². The van der Waals surface area contributed by atoms with E-state index in [1.807, 2.05) is 11.8 Å². The lowest BCUT2D eigenvalue weighted by Crippen LogP contribution is -2.47. The number of nitrogens with zero attached hydrogens (tertiary/aromatic N) is 2. The fourth-order valence-electron chi connectivity index (χ4n) is 4.21. The van der Waals surface area contributed by atoms with E-state index >= 15 is 0 Å². The zero-order valence-electron chi connectivity index (χ0n) is 17.2. The van der Waals surface area contributed by atoms with Gasteiger partial charge in [0.05, 0.1) is 30.1 Å². The number of anilines is 2. The van der Waals surface area contributed by atoms with Gasteiger partial charge in [-0.3, -0.25) is 9.69 Å². The van der Waals surface area contributed by atoms with Crippen LogP contribution < -0.4 is 15.1 Å². The number of carbonyl (C=O) groups is 2. The molecule has 3 saturated heterocycles. The molecule has 9 heteroatoms. The van der Waals surface area contributed by atoms with Crippen molar-refractivity contribution in [2.45, 2.75) is 37.9 Å². The minimum atomic E-state index is -0.527. The number of piperidine rings is 1. The summed E-state index contributed by atoms with van der Waals surface area (Å²) in [4.78, 5) is 26.7. The van der Waals surface area contributed by atoms with Crippen LogP contribution in [0.25, 0.3) is 0 Å². The quantitative estimate of drug-likeness (QED) is 0.781. The molecule has 0 saturated carbocycles. The first-order valence-electron chi connectivity index (χ1n) is 10.4. The van der Waals surface area contributed by atoms with E-state index in [9.17, 15) is 14.0 Å². The topological polar surface area (TPSA) is 71.1 Å². The number of hydrogen-bond acceptors (Lipinski definition) is 6. The predicted octanol–water partition coefficient (Wildman–Crippen LogP) is 2.78. The minimum Gasteiger partial charge on any atom is -0.442 e. The first-order valence-corrected chi connectivity index (χ1v) is 11.6. The maximum Gasteiger partial charge on any atom is 0.414 e. The molecule has 4 rings (SSSR count). The van der Waals surface area contributed by atoms with Crippen LogP contribution in [0.5, 0.6) is 0 Å². The van der Waals surface area contributed by atoms with Gasteiger partial charge in [-0.05, 0) is 43.2 Å². The number of hydrogen-bond donors (Lipinski definition) is 1. The van der Waals surface area contributed by atoms with Gasteiger partial charge in [0.2, 0.25) is 5.91 Å². The van der Waals surface area contributed by atoms with Crippen molar-refractivity contribution in [2.75, 3.05) is 54.1 Å². The maximum absolute atomic E-state index is 15.0. The Kier molecular flexibility index (Phi) is 6.38. The summed E-state index contributed by atoms with van der Waals surface area (Å²) in [5.41, 5.74) is 0.942. The molecule has 1 N–H and O–H groups in total. The van der Waals surface area contributed by atoms with Crippen molar-refractivity contribution in [2.24, 2.45) is 0 Å². The first kappa shape index (κ1) is 21.2. The minimum absolute atomic E-state index is 0.0731. The largest absolute Gasteiger partial charge is 0.442 e. The van der Waals surface area contributed by atoms with Crippen LogP contribution in [-0.4, -0.2) is 68.0 Å². The van der Waals surface area contributed by atoms with E-state index in [1.165, 1.54) is 17.9 Å². The second-order valence-electron chi connectivity index (χ2n) is 8.11. The molecule has 3 fully saturated rings. The summed E-state index contributed by atoms with van der Waals surface area (Å²) in [5.74, 6) is 1.62. The van der Waals surface area contributed by atoms with Crippen molar-refractivity contribution < 1.29 is 23.5 Å².